The fraction of sp³-hybridized carbons (Fsp3) is 0.571. The number of aliphatic hydroxyl groups is 1. The van der Waals surface area contributed by atoms with Crippen molar-refractivity contribution in [3.8, 4) is 0 Å². The van der Waals surface area contributed by atoms with Gasteiger partial charge in [-0.3, -0.25) is 0 Å². The molecule has 2 aliphatic heterocycles. The molecule has 2 atom stereocenters. The summed E-state index contributed by atoms with van der Waals surface area (Å²) in [6, 6.07) is 8.74. The number of benzene rings is 1. The second kappa shape index (κ2) is 3.98. The van der Waals surface area contributed by atoms with Crippen molar-refractivity contribution in [2.75, 3.05) is 7.05 Å². The molecule has 2 heterocycles. The molecule has 17 heavy (non-hydrogen) atoms. The van der Waals surface area contributed by atoms with E-state index in [9.17, 15) is 5.11 Å². The second-order valence-corrected chi connectivity index (χ2v) is 5.93. The molecule has 2 aliphatic rings. The molecule has 2 fully saturated rings. The Morgan fingerprint density at radius 1 is 1.18 bits per heavy atom. The lowest BCUT2D eigenvalue weighted by Crippen LogP contribution is -2.47. The smallest absolute Gasteiger partial charge is 0.0926 e. The van der Waals surface area contributed by atoms with E-state index in [0.29, 0.717) is 12.1 Å². The van der Waals surface area contributed by atoms with Crippen LogP contribution in [0.2, 0.25) is 5.02 Å². The van der Waals surface area contributed by atoms with E-state index in [0.717, 1.165) is 23.4 Å². The number of piperidine rings is 1. The van der Waals surface area contributed by atoms with Crippen molar-refractivity contribution < 1.29 is 5.11 Å². The molecule has 1 aromatic rings. The first-order valence-corrected chi connectivity index (χ1v) is 6.67. The molecule has 0 aromatic heterocycles. The van der Waals surface area contributed by atoms with Gasteiger partial charge >= 0.3 is 0 Å². The van der Waals surface area contributed by atoms with E-state index in [1.807, 2.05) is 24.3 Å². The van der Waals surface area contributed by atoms with Crippen LogP contribution in [0, 0.1) is 0 Å². The van der Waals surface area contributed by atoms with Gasteiger partial charge in [-0.25, -0.2) is 0 Å². The van der Waals surface area contributed by atoms with E-state index in [1.54, 1.807) is 0 Å². The van der Waals surface area contributed by atoms with Crippen LogP contribution in [0.15, 0.2) is 24.3 Å². The molecule has 0 amide bonds. The van der Waals surface area contributed by atoms with Crippen LogP contribution in [0.5, 0.6) is 0 Å². The Kier molecular flexibility index (Phi) is 2.69. The highest BCUT2D eigenvalue weighted by molar-refractivity contribution is 6.30. The maximum Gasteiger partial charge on any atom is 0.0926 e. The van der Waals surface area contributed by atoms with Gasteiger partial charge in [-0.2, -0.15) is 0 Å². The summed E-state index contributed by atoms with van der Waals surface area (Å²) < 4.78 is 0. The van der Waals surface area contributed by atoms with Crippen LogP contribution in [0.25, 0.3) is 0 Å². The standard InChI is InChI=1S/C14H18ClNO/c1-16-12-6-7-13(16)9-14(17,8-12)10-2-4-11(15)5-3-10/h2-5,12-13,17H,6-9H2,1H3/t12-,13-/m0/s1. The molecular weight excluding hydrogens is 234 g/mol. The number of hydrogen-bond donors (Lipinski definition) is 1. The molecular formula is C14H18ClNO. The zero-order chi connectivity index (χ0) is 12.0. The third kappa shape index (κ3) is 1.88. The lowest BCUT2D eigenvalue weighted by Gasteiger charge is -2.42. The Hall–Kier alpha value is -0.570. The Bertz CT molecular complexity index is 403. The van der Waals surface area contributed by atoms with Gasteiger partial charge in [0, 0.05) is 17.1 Å². The Morgan fingerprint density at radius 3 is 2.24 bits per heavy atom. The van der Waals surface area contributed by atoms with Crippen molar-refractivity contribution in [2.45, 2.75) is 43.4 Å². The highest BCUT2D eigenvalue weighted by Gasteiger charge is 2.46. The van der Waals surface area contributed by atoms with Crippen molar-refractivity contribution in [3.63, 3.8) is 0 Å². The van der Waals surface area contributed by atoms with Crippen LogP contribution >= 0.6 is 11.6 Å². The van der Waals surface area contributed by atoms with E-state index in [-0.39, 0.29) is 0 Å². The van der Waals surface area contributed by atoms with Crippen molar-refractivity contribution in [3.05, 3.63) is 34.9 Å². The molecule has 2 bridgehead atoms. The number of rotatable bonds is 1. The summed E-state index contributed by atoms with van der Waals surface area (Å²) in [7, 11) is 2.18. The largest absolute Gasteiger partial charge is 0.385 e. The number of fused-ring (bicyclic) bond motifs is 2. The predicted molar refractivity (Wildman–Crippen MR) is 69.2 cm³/mol. The average molecular weight is 252 g/mol. The fourth-order valence-electron chi connectivity index (χ4n) is 3.44. The molecule has 0 radical (unpaired) electrons. The van der Waals surface area contributed by atoms with E-state index in [4.69, 9.17) is 11.6 Å². The molecule has 2 nitrogen and oxygen atoms in total. The Balaban J connectivity index is 1.90. The quantitative estimate of drug-likeness (QED) is 0.830. The minimum Gasteiger partial charge on any atom is -0.385 e. The SMILES string of the molecule is CN1[C@H]2CC[C@H]1CC(O)(c1ccc(Cl)cc1)C2. The van der Waals surface area contributed by atoms with E-state index < -0.39 is 5.60 Å². The van der Waals surface area contributed by atoms with Crippen LogP contribution in [-0.4, -0.2) is 29.1 Å². The van der Waals surface area contributed by atoms with Crippen LogP contribution in [-0.2, 0) is 5.60 Å². The zero-order valence-electron chi connectivity index (χ0n) is 10.1. The number of nitrogens with zero attached hydrogens (tertiary/aromatic N) is 1. The first kappa shape index (κ1) is 11.5. The van der Waals surface area contributed by atoms with Gasteiger partial charge in [0.15, 0.2) is 0 Å². The lowest BCUT2D eigenvalue weighted by molar-refractivity contribution is -0.0493. The maximum absolute atomic E-state index is 10.9. The summed E-state index contributed by atoms with van der Waals surface area (Å²) in [5.41, 5.74) is 0.370. The minimum atomic E-state index is -0.650. The highest BCUT2D eigenvalue weighted by Crippen LogP contribution is 2.44. The van der Waals surface area contributed by atoms with Gasteiger partial charge in [0.1, 0.15) is 0 Å². The molecule has 92 valence electrons. The summed E-state index contributed by atoms with van der Waals surface area (Å²) in [5, 5.41) is 11.6. The van der Waals surface area contributed by atoms with Gasteiger partial charge in [-0.05, 0) is 50.4 Å². The van der Waals surface area contributed by atoms with E-state index in [1.165, 1.54) is 12.8 Å². The molecule has 2 saturated heterocycles. The average Bonchev–Trinajstić information content (AvgIpc) is 2.53. The number of halogens is 1. The van der Waals surface area contributed by atoms with Gasteiger partial charge in [0.05, 0.1) is 5.60 Å². The fourth-order valence-corrected chi connectivity index (χ4v) is 3.57. The molecule has 0 spiro atoms. The topological polar surface area (TPSA) is 23.5 Å². The third-order valence-corrected chi connectivity index (χ3v) is 4.77. The monoisotopic (exact) mass is 251 g/mol. The van der Waals surface area contributed by atoms with Gasteiger partial charge < -0.3 is 10.0 Å². The van der Waals surface area contributed by atoms with Crippen LogP contribution in [0.4, 0.5) is 0 Å². The number of hydrogen-bond acceptors (Lipinski definition) is 2. The minimum absolute atomic E-state index is 0.537. The van der Waals surface area contributed by atoms with Crippen molar-refractivity contribution in [1.82, 2.24) is 4.90 Å². The van der Waals surface area contributed by atoms with Crippen molar-refractivity contribution in [2.24, 2.45) is 0 Å². The normalized spacial score (nSPS) is 37.4. The summed E-state index contributed by atoms with van der Waals surface area (Å²) >= 11 is 5.90. The molecule has 3 heteroatoms. The van der Waals surface area contributed by atoms with Gasteiger partial charge in [0.25, 0.3) is 0 Å². The maximum atomic E-state index is 10.9. The molecule has 0 aliphatic carbocycles. The summed E-state index contributed by atoms with van der Waals surface area (Å²) in [4.78, 5) is 2.43. The molecule has 0 unspecified atom stereocenters. The molecule has 1 N–H and O–H groups in total. The van der Waals surface area contributed by atoms with Gasteiger partial charge in [0.2, 0.25) is 0 Å². The first-order valence-electron chi connectivity index (χ1n) is 6.29. The van der Waals surface area contributed by atoms with Crippen LogP contribution < -0.4 is 0 Å². The molecule has 3 rings (SSSR count). The van der Waals surface area contributed by atoms with Gasteiger partial charge in [-0.1, -0.05) is 23.7 Å². The van der Waals surface area contributed by atoms with E-state index >= 15 is 0 Å². The van der Waals surface area contributed by atoms with Crippen molar-refractivity contribution >= 4 is 11.6 Å². The zero-order valence-corrected chi connectivity index (χ0v) is 10.8. The predicted octanol–water partition coefficient (Wildman–Crippen LogP) is 2.78. The van der Waals surface area contributed by atoms with Crippen LogP contribution in [0.3, 0.4) is 0 Å². The highest BCUT2D eigenvalue weighted by atomic mass is 35.5. The van der Waals surface area contributed by atoms with Crippen LogP contribution in [0.1, 0.15) is 31.2 Å². The van der Waals surface area contributed by atoms with E-state index in [2.05, 4.69) is 11.9 Å². The lowest BCUT2D eigenvalue weighted by atomic mass is 9.81. The first-order chi connectivity index (χ1) is 8.08. The Morgan fingerprint density at radius 2 is 1.71 bits per heavy atom. The Labute approximate surface area is 107 Å². The second-order valence-electron chi connectivity index (χ2n) is 5.50. The third-order valence-electron chi connectivity index (χ3n) is 4.51. The summed E-state index contributed by atoms with van der Waals surface area (Å²) in [6.45, 7) is 0. The van der Waals surface area contributed by atoms with Crippen molar-refractivity contribution in [1.29, 1.82) is 0 Å². The summed E-state index contributed by atoms with van der Waals surface area (Å²) in [6.07, 6.45) is 4.14. The molecule has 0 saturated carbocycles. The van der Waals surface area contributed by atoms with Gasteiger partial charge in [-0.15, -0.1) is 0 Å². The summed E-state index contributed by atoms with van der Waals surface area (Å²) in [5.74, 6) is 0. The molecule has 1 aromatic carbocycles.